The quantitative estimate of drug-likeness (QED) is 0.429. The van der Waals surface area contributed by atoms with Crippen LogP contribution in [-0.4, -0.2) is 40.1 Å². The number of aryl methyl sites for hydroxylation is 2. The number of aromatic nitrogens is 2. The molecule has 0 unspecified atom stereocenters. The summed E-state index contributed by atoms with van der Waals surface area (Å²) in [7, 11) is 1.63. The van der Waals surface area contributed by atoms with Gasteiger partial charge in [-0.15, -0.1) is 11.3 Å². The summed E-state index contributed by atoms with van der Waals surface area (Å²) in [5, 5.41) is 9.07. The minimum absolute atomic E-state index is 0.0389. The molecule has 2 aromatic carbocycles. The smallest absolute Gasteiger partial charge is 0.264 e. The Morgan fingerprint density at radius 3 is 2.56 bits per heavy atom. The van der Waals surface area contributed by atoms with E-state index in [1.807, 2.05) is 74.0 Å². The third-order valence-electron chi connectivity index (χ3n) is 5.43. The molecule has 4 rings (SSSR count). The maximum absolute atomic E-state index is 13.0. The van der Waals surface area contributed by atoms with Crippen LogP contribution in [0.3, 0.4) is 0 Å². The van der Waals surface area contributed by atoms with Crippen LogP contribution >= 0.6 is 22.9 Å². The molecule has 0 radical (unpaired) electrons. The highest BCUT2D eigenvalue weighted by atomic mass is 35.5. The molecule has 2 aromatic heterocycles. The van der Waals surface area contributed by atoms with Crippen molar-refractivity contribution in [2.75, 3.05) is 18.9 Å². The van der Waals surface area contributed by atoms with Crippen molar-refractivity contribution >= 4 is 50.7 Å². The van der Waals surface area contributed by atoms with Gasteiger partial charge in [0, 0.05) is 23.1 Å². The molecule has 1 N–H and O–H groups in total. The zero-order valence-electron chi connectivity index (χ0n) is 18.3. The van der Waals surface area contributed by atoms with Crippen molar-refractivity contribution < 1.29 is 9.59 Å². The molecule has 0 atom stereocenters. The Labute approximate surface area is 195 Å². The average Bonchev–Trinajstić information content (AvgIpc) is 3.32. The Kier molecular flexibility index (Phi) is 6.04. The molecule has 164 valence electrons. The summed E-state index contributed by atoms with van der Waals surface area (Å²) >= 11 is 7.36. The van der Waals surface area contributed by atoms with E-state index in [0.717, 1.165) is 38.4 Å². The average molecular weight is 467 g/mol. The van der Waals surface area contributed by atoms with E-state index >= 15 is 0 Å². The summed E-state index contributed by atoms with van der Waals surface area (Å²) in [4.78, 5) is 28.4. The first kappa shape index (κ1) is 22.0. The molecule has 0 aliphatic carbocycles. The number of hydrogen-bond acceptors (Lipinski definition) is 4. The molecule has 4 aromatic rings. The first-order valence-electron chi connectivity index (χ1n) is 10.1. The lowest BCUT2D eigenvalue weighted by Gasteiger charge is -2.17. The number of fused-ring (bicyclic) bond motifs is 1. The third kappa shape index (κ3) is 4.26. The fourth-order valence-corrected chi connectivity index (χ4v) is 4.76. The normalized spacial score (nSPS) is 11.0. The van der Waals surface area contributed by atoms with E-state index in [9.17, 15) is 9.59 Å². The van der Waals surface area contributed by atoms with Crippen LogP contribution in [0.4, 0.5) is 5.69 Å². The van der Waals surface area contributed by atoms with Gasteiger partial charge in [0.2, 0.25) is 5.91 Å². The Balaban J connectivity index is 1.53. The van der Waals surface area contributed by atoms with Crippen molar-refractivity contribution in [3.63, 3.8) is 0 Å². The van der Waals surface area contributed by atoms with Crippen LogP contribution in [0.25, 0.3) is 15.9 Å². The van der Waals surface area contributed by atoms with E-state index in [0.29, 0.717) is 9.90 Å². The van der Waals surface area contributed by atoms with Crippen molar-refractivity contribution in [2.45, 2.75) is 20.8 Å². The number of carbonyl (C=O) groups is 2. The predicted molar refractivity (Wildman–Crippen MR) is 130 cm³/mol. The van der Waals surface area contributed by atoms with Gasteiger partial charge in [0.1, 0.15) is 4.83 Å². The van der Waals surface area contributed by atoms with Gasteiger partial charge in [-0.2, -0.15) is 5.10 Å². The summed E-state index contributed by atoms with van der Waals surface area (Å²) in [5.41, 5.74) is 4.58. The molecule has 6 nitrogen and oxygen atoms in total. The van der Waals surface area contributed by atoms with E-state index in [2.05, 4.69) is 10.4 Å². The van der Waals surface area contributed by atoms with Gasteiger partial charge < -0.3 is 10.2 Å². The number of nitrogens with zero attached hydrogens (tertiary/aromatic N) is 3. The highest BCUT2D eigenvalue weighted by Crippen LogP contribution is 2.31. The van der Waals surface area contributed by atoms with Crippen LogP contribution in [0.1, 0.15) is 26.5 Å². The number of rotatable bonds is 5. The van der Waals surface area contributed by atoms with E-state index in [1.54, 1.807) is 7.05 Å². The summed E-state index contributed by atoms with van der Waals surface area (Å²) in [6, 6.07) is 15.0. The Bertz CT molecular complexity index is 1320. The maximum Gasteiger partial charge on any atom is 0.264 e. The van der Waals surface area contributed by atoms with Gasteiger partial charge in [-0.3, -0.25) is 9.59 Å². The molecule has 0 aliphatic heterocycles. The van der Waals surface area contributed by atoms with Crippen LogP contribution in [0.2, 0.25) is 5.02 Å². The van der Waals surface area contributed by atoms with Crippen molar-refractivity contribution in [1.29, 1.82) is 0 Å². The Hall–Kier alpha value is -3.16. The fraction of sp³-hybridized carbons (Fsp3) is 0.208. The minimum Gasteiger partial charge on any atom is -0.332 e. The number of carbonyl (C=O) groups excluding carboxylic acids is 2. The van der Waals surface area contributed by atoms with Crippen molar-refractivity contribution in [3.8, 4) is 5.69 Å². The first-order chi connectivity index (χ1) is 15.2. The van der Waals surface area contributed by atoms with Gasteiger partial charge in [-0.05, 0) is 68.3 Å². The van der Waals surface area contributed by atoms with Crippen LogP contribution in [-0.2, 0) is 4.79 Å². The second-order valence-corrected chi connectivity index (χ2v) is 9.23. The molecular formula is C24H23ClN4O2S. The zero-order valence-corrected chi connectivity index (χ0v) is 19.8. The van der Waals surface area contributed by atoms with Gasteiger partial charge in [0.25, 0.3) is 5.91 Å². The largest absolute Gasteiger partial charge is 0.332 e. The summed E-state index contributed by atoms with van der Waals surface area (Å²) in [6.07, 6.45) is 0. The molecular weight excluding hydrogens is 444 g/mol. The fourth-order valence-electron chi connectivity index (χ4n) is 3.46. The van der Waals surface area contributed by atoms with Crippen LogP contribution in [0, 0.1) is 20.8 Å². The van der Waals surface area contributed by atoms with Gasteiger partial charge >= 0.3 is 0 Å². The summed E-state index contributed by atoms with van der Waals surface area (Å²) in [5.74, 6) is -0.441. The lowest BCUT2D eigenvalue weighted by Crippen LogP contribution is -2.34. The topological polar surface area (TPSA) is 67.2 Å². The molecule has 32 heavy (non-hydrogen) atoms. The third-order valence-corrected chi connectivity index (χ3v) is 6.78. The van der Waals surface area contributed by atoms with E-state index in [4.69, 9.17) is 11.6 Å². The maximum atomic E-state index is 13.0. The lowest BCUT2D eigenvalue weighted by molar-refractivity contribution is -0.116. The SMILES string of the molecule is Cc1cccc(NC(=O)CN(C)C(=O)c2cc3c(C)nn(-c4ccc(Cl)cc4)c3s2)c1C. The zero-order chi connectivity index (χ0) is 23.0. The van der Waals surface area contributed by atoms with Crippen LogP contribution in [0.15, 0.2) is 48.5 Å². The molecule has 8 heteroatoms. The van der Waals surface area contributed by atoms with E-state index in [-0.39, 0.29) is 18.4 Å². The molecule has 0 fully saturated rings. The van der Waals surface area contributed by atoms with Gasteiger partial charge in [0.05, 0.1) is 22.8 Å². The van der Waals surface area contributed by atoms with Gasteiger partial charge in [-0.25, -0.2) is 4.68 Å². The number of amides is 2. The number of benzene rings is 2. The predicted octanol–water partition coefficient (Wildman–Crippen LogP) is 5.38. The molecule has 0 bridgehead atoms. The standard InChI is InChI=1S/C24H23ClN4O2S/c1-14-6-5-7-20(15(14)2)26-22(30)13-28(4)23(31)21-12-19-16(3)27-29(24(19)32-21)18-10-8-17(25)9-11-18/h5-12H,13H2,1-4H3,(H,26,30). The minimum atomic E-state index is -0.237. The van der Waals surface area contributed by atoms with E-state index in [1.165, 1.54) is 16.2 Å². The van der Waals surface area contributed by atoms with Gasteiger partial charge in [0.15, 0.2) is 0 Å². The Morgan fingerprint density at radius 2 is 1.84 bits per heavy atom. The van der Waals surface area contributed by atoms with E-state index < -0.39 is 0 Å². The number of thiophene rings is 1. The molecule has 0 spiro atoms. The lowest BCUT2D eigenvalue weighted by atomic mass is 10.1. The number of nitrogens with one attached hydrogen (secondary N) is 1. The van der Waals surface area contributed by atoms with Crippen LogP contribution < -0.4 is 5.32 Å². The van der Waals surface area contributed by atoms with Crippen molar-refractivity contribution in [1.82, 2.24) is 14.7 Å². The highest BCUT2D eigenvalue weighted by molar-refractivity contribution is 7.20. The second-order valence-electron chi connectivity index (χ2n) is 7.76. The molecule has 2 heterocycles. The second kappa shape index (κ2) is 8.76. The van der Waals surface area contributed by atoms with Crippen LogP contribution in [0.5, 0.6) is 0 Å². The first-order valence-corrected chi connectivity index (χ1v) is 11.3. The summed E-state index contributed by atoms with van der Waals surface area (Å²) < 4.78 is 1.82. The molecule has 2 amide bonds. The van der Waals surface area contributed by atoms with Gasteiger partial charge in [-0.1, -0.05) is 23.7 Å². The summed E-state index contributed by atoms with van der Waals surface area (Å²) in [6.45, 7) is 5.83. The monoisotopic (exact) mass is 466 g/mol. The van der Waals surface area contributed by atoms with Crippen molar-refractivity contribution in [2.24, 2.45) is 0 Å². The van der Waals surface area contributed by atoms with Crippen molar-refractivity contribution in [3.05, 3.63) is 75.3 Å². The highest BCUT2D eigenvalue weighted by Gasteiger charge is 2.21. The molecule has 0 saturated carbocycles. The number of anilines is 1. The molecule has 0 aliphatic rings. The number of likely N-dealkylation sites (N-methyl/N-ethyl adjacent to an activating group) is 1. The number of hydrogen-bond donors (Lipinski definition) is 1. The Morgan fingerprint density at radius 1 is 1.12 bits per heavy atom. The molecule has 0 saturated heterocycles. The number of halogens is 1.